The van der Waals surface area contributed by atoms with Gasteiger partial charge in [0.15, 0.2) is 0 Å². The molecular formula is C14H25Br2N3. The first-order chi connectivity index (χ1) is 8.71. The van der Waals surface area contributed by atoms with Gasteiger partial charge >= 0.3 is 0 Å². The van der Waals surface area contributed by atoms with Gasteiger partial charge in [-0.15, -0.1) is 0 Å². The van der Waals surface area contributed by atoms with Gasteiger partial charge < -0.3 is 4.90 Å². The van der Waals surface area contributed by atoms with Gasteiger partial charge in [-0.25, -0.2) is 0 Å². The molecular weight excluding hydrogens is 370 g/mol. The lowest BCUT2D eigenvalue weighted by Gasteiger charge is -2.25. The first-order valence-electron chi connectivity index (χ1n) is 6.71. The maximum absolute atomic E-state index is 4.46. The first kappa shape index (κ1) is 17.2. The van der Waals surface area contributed by atoms with Crippen molar-refractivity contribution >= 4 is 31.9 Å². The zero-order chi connectivity index (χ0) is 14.6. The van der Waals surface area contributed by atoms with Crippen molar-refractivity contribution in [3.63, 3.8) is 0 Å². The molecule has 19 heavy (non-hydrogen) atoms. The Kier molecular flexibility index (Phi) is 6.54. The second-order valence-corrected chi connectivity index (χ2v) is 8.30. The summed E-state index contributed by atoms with van der Waals surface area (Å²) in [5.74, 6) is 0. The van der Waals surface area contributed by atoms with Gasteiger partial charge in [0.25, 0.3) is 0 Å². The van der Waals surface area contributed by atoms with E-state index in [1.807, 2.05) is 6.20 Å². The Bertz CT molecular complexity index is 394. The summed E-state index contributed by atoms with van der Waals surface area (Å²) in [6.07, 6.45) is 4.07. The molecule has 0 aliphatic heterocycles. The highest BCUT2D eigenvalue weighted by molar-refractivity contribution is 9.10. The average Bonchev–Trinajstić information content (AvgIpc) is 2.63. The molecule has 1 aromatic rings. The van der Waals surface area contributed by atoms with Crippen molar-refractivity contribution in [3.8, 4) is 0 Å². The normalized spacial score (nSPS) is 14.1. The van der Waals surface area contributed by atoms with E-state index in [4.69, 9.17) is 0 Å². The summed E-state index contributed by atoms with van der Waals surface area (Å²) >= 11 is 7.41. The molecule has 0 aliphatic carbocycles. The van der Waals surface area contributed by atoms with Crippen LogP contribution in [0.4, 0.5) is 0 Å². The monoisotopic (exact) mass is 393 g/mol. The molecule has 1 rings (SSSR count). The highest BCUT2D eigenvalue weighted by Crippen LogP contribution is 2.30. The number of nitrogens with zero attached hydrogens (tertiary/aromatic N) is 3. The maximum atomic E-state index is 4.46. The number of hydrogen-bond donors (Lipinski definition) is 0. The topological polar surface area (TPSA) is 21.1 Å². The van der Waals surface area contributed by atoms with Crippen molar-refractivity contribution in [2.75, 3.05) is 20.6 Å². The average molecular weight is 395 g/mol. The highest BCUT2D eigenvalue weighted by Gasteiger charge is 2.22. The number of rotatable bonds is 6. The van der Waals surface area contributed by atoms with Crippen molar-refractivity contribution in [2.24, 2.45) is 5.41 Å². The minimum Gasteiger partial charge on any atom is -0.308 e. The standard InChI is InChI=1S/C14H25Br2N3/c1-14(2,3)13(16)7-6-12-11(15)10-17-19(12)9-8-18(4)5/h10,13H,6-9H2,1-5H3. The van der Waals surface area contributed by atoms with E-state index < -0.39 is 0 Å². The SMILES string of the molecule is CN(C)CCn1ncc(Br)c1CCC(Br)C(C)(C)C. The van der Waals surface area contributed by atoms with Gasteiger partial charge in [0.05, 0.1) is 22.9 Å². The van der Waals surface area contributed by atoms with Crippen molar-refractivity contribution in [3.05, 3.63) is 16.4 Å². The van der Waals surface area contributed by atoms with Crippen LogP contribution in [0.5, 0.6) is 0 Å². The van der Waals surface area contributed by atoms with Crippen molar-refractivity contribution in [1.29, 1.82) is 0 Å². The fourth-order valence-electron chi connectivity index (χ4n) is 1.82. The predicted molar refractivity (Wildman–Crippen MR) is 89.0 cm³/mol. The van der Waals surface area contributed by atoms with Gasteiger partial charge in [0.1, 0.15) is 0 Å². The Morgan fingerprint density at radius 1 is 1.37 bits per heavy atom. The molecule has 1 unspecified atom stereocenters. The molecule has 0 saturated heterocycles. The minimum absolute atomic E-state index is 0.293. The fraction of sp³-hybridized carbons (Fsp3) is 0.786. The van der Waals surface area contributed by atoms with Crippen LogP contribution in [0.1, 0.15) is 32.9 Å². The van der Waals surface area contributed by atoms with Gasteiger partial charge in [-0.05, 0) is 48.3 Å². The van der Waals surface area contributed by atoms with Crippen LogP contribution in [-0.2, 0) is 13.0 Å². The van der Waals surface area contributed by atoms with Crippen LogP contribution >= 0.6 is 31.9 Å². The predicted octanol–water partition coefficient (Wildman–Crippen LogP) is 3.95. The Morgan fingerprint density at radius 3 is 2.53 bits per heavy atom. The zero-order valence-corrected chi connectivity index (χ0v) is 15.8. The Morgan fingerprint density at radius 2 is 2.00 bits per heavy atom. The summed E-state index contributed by atoms with van der Waals surface area (Å²) in [6, 6.07) is 0. The van der Waals surface area contributed by atoms with Gasteiger partial charge in [-0.1, -0.05) is 36.7 Å². The van der Waals surface area contributed by atoms with E-state index in [0.29, 0.717) is 10.2 Å². The Balaban J connectivity index is 2.64. The molecule has 0 spiro atoms. The molecule has 0 radical (unpaired) electrons. The van der Waals surface area contributed by atoms with Crippen molar-refractivity contribution < 1.29 is 0 Å². The van der Waals surface area contributed by atoms with Gasteiger partial charge in [0.2, 0.25) is 0 Å². The van der Waals surface area contributed by atoms with E-state index in [1.165, 1.54) is 5.69 Å². The maximum Gasteiger partial charge on any atom is 0.0635 e. The molecule has 3 nitrogen and oxygen atoms in total. The summed E-state index contributed by atoms with van der Waals surface area (Å²) in [5, 5.41) is 4.46. The molecule has 0 saturated carbocycles. The van der Waals surface area contributed by atoms with Crippen LogP contribution in [0, 0.1) is 5.41 Å². The number of hydrogen-bond acceptors (Lipinski definition) is 2. The van der Waals surface area contributed by atoms with Crippen molar-refractivity contribution in [1.82, 2.24) is 14.7 Å². The molecule has 0 fully saturated rings. The fourth-order valence-corrected chi connectivity index (χ4v) is 2.54. The second-order valence-electron chi connectivity index (χ2n) is 6.34. The van der Waals surface area contributed by atoms with Gasteiger partial charge in [-0.3, -0.25) is 4.68 Å². The lowest BCUT2D eigenvalue weighted by atomic mass is 9.89. The summed E-state index contributed by atoms with van der Waals surface area (Å²) in [7, 11) is 4.18. The van der Waals surface area contributed by atoms with Crippen LogP contribution < -0.4 is 0 Å². The largest absolute Gasteiger partial charge is 0.308 e. The molecule has 5 heteroatoms. The molecule has 0 amide bonds. The Hall–Kier alpha value is 0.130. The third-order valence-corrected chi connectivity index (χ3v) is 5.72. The number of aromatic nitrogens is 2. The summed E-state index contributed by atoms with van der Waals surface area (Å²) in [5.41, 5.74) is 1.59. The van der Waals surface area contributed by atoms with Gasteiger partial charge in [0, 0.05) is 11.4 Å². The zero-order valence-electron chi connectivity index (χ0n) is 12.6. The van der Waals surface area contributed by atoms with Crippen LogP contribution in [0.25, 0.3) is 0 Å². The minimum atomic E-state index is 0.293. The van der Waals surface area contributed by atoms with E-state index in [2.05, 4.69) is 81.4 Å². The van der Waals surface area contributed by atoms with Crippen LogP contribution in [0.2, 0.25) is 0 Å². The molecule has 1 atom stereocenters. The number of halogens is 2. The van der Waals surface area contributed by atoms with Crippen LogP contribution in [0.3, 0.4) is 0 Å². The number of likely N-dealkylation sites (N-methyl/N-ethyl adjacent to an activating group) is 1. The summed E-state index contributed by atoms with van der Waals surface area (Å²) in [4.78, 5) is 2.70. The van der Waals surface area contributed by atoms with Crippen LogP contribution in [-0.4, -0.2) is 40.1 Å². The summed E-state index contributed by atoms with van der Waals surface area (Å²) in [6.45, 7) is 8.76. The molecule has 0 aliphatic rings. The van der Waals surface area contributed by atoms with Gasteiger partial charge in [-0.2, -0.15) is 5.10 Å². The van der Waals surface area contributed by atoms with E-state index >= 15 is 0 Å². The molecule has 0 aromatic carbocycles. The lowest BCUT2D eigenvalue weighted by molar-refractivity contribution is 0.363. The van der Waals surface area contributed by atoms with Crippen molar-refractivity contribution in [2.45, 2.75) is 45.0 Å². The third kappa shape index (κ3) is 5.56. The van der Waals surface area contributed by atoms with Crippen LogP contribution in [0.15, 0.2) is 10.7 Å². The molecule has 0 bridgehead atoms. The van der Waals surface area contributed by atoms with E-state index in [1.54, 1.807) is 0 Å². The van der Waals surface area contributed by atoms with E-state index in [0.717, 1.165) is 30.4 Å². The van der Waals surface area contributed by atoms with E-state index in [9.17, 15) is 0 Å². The third-order valence-electron chi connectivity index (χ3n) is 3.23. The first-order valence-corrected chi connectivity index (χ1v) is 8.41. The molecule has 1 aromatic heterocycles. The highest BCUT2D eigenvalue weighted by atomic mass is 79.9. The molecule has 0 N–H and O–H groups in total. The quantitative estimate of drug-likeness (QED) is 0.681. The summed E-state index contributed by atoms with van der Waals surface area (Å²) < 4.78 is 3.24. The lowest BCUT2D eigenvalue weighted by Crippen LogP contribution is -2.23. The smallest absolute Gasteiger partial charge is 0.0635 e. The van der Waals surface area contributed by atoms with E-state index in [-0.39, 0.29) is 0 Å². The second kappa shape index (κ2) is 7.23. The number of alkyl halides is 1. The Labute approximate surface area is 134 Å². The molecule has 1 heterocycles. The molecule has 110 valence electrons.